The SMILES string of the molecule is O=S(=O)(NC1CC1)[C@@H]1CCOC[C@@H]1Cc1ccccc1Cl. The molecule has 21 heavy (non-hydrogen) atoms. The van der Waals surface area contributed by atoms with Gasteiger partial charge in [-0.05, 0) is 37.3 Å². The summed E-state index contributed by atoms with van der Waals surface area (Å²) < 4.78 is 33.4. The maximum Gasteiger partial charge on any atom is 0.215 e. The molecule has 1 N–H and O–H groups in total. The highest BCUT2D eigenvalue weighted by Crippen LogP contribution is 2.29. The summed E-state index contributed by atoms with van der Waals surface area (Å²) in [6.45, 7) is 0.983. The largest absolute Gasteiger partial charge is 0.381 e. The number of rotatable bonds is 5. The lowest BCUT2D eigenvalue weighted by atomic mass is 9.93. The second kappa shape index (κ2) is 6.24. The lowest BCUT2D eigenvalue weighted by Gasteiger charge is -2.31. The summed E-state index contributed by atoms with van der Waals surface area (Å²) in [5.74, 6) is -0.0464. The molecule has 1 aromatic carbocycles. The molecule has 0 unspecified atom stereocenters. The van der Waals surface area contributed by atoms with Gasteiger partial charge in [-0.3, -0.25) is 0 Å². The van der Waals surface area contributed by atoms with Crippen LogP contribution in [0.3, 0.4) is 0 Å². The van der Waals surface area contributed by atoms with Crippen LogP contribution >= 0.6 is 11.6 Å². The van der Waals surface area contributed by atoms with Crippen LogP contribution in [0, 0.1) is 5.92 Å². The minimum atomic E-state index is -3.28. The van der Waals surface area contributed by atoms with E-state index >= 15 is 0 Å². The maximum absolute atomic E-state index is 12.5. The van der Waals surface area contributed by atoms with Crippen molar-refractivity contribution in [2.75, 3.05) is 13.2 Å². The van der Waals surface area contributed by atoms with Crippen LogP contribution in [0.2, 0.25) is 5.02 Å². The number of hydrogen-bond acceptors (Lipinski definition) is 3. The first-order valence-electron chi connectivity index (χ1n) is 7.38. The predicted molar refractivity (Wildman–Crippen MR) is 82.9 cm³/mol. The first kappa shape index (κ1) is 15.3. The van der Waals surface area contributed by atoms with E-state index < -0.39 is 10.0 Å². The molecule has 0 aromatic heterocycles. The van der Waals surface area contributed by atoms with Gasteiger partial charge >= 0.3 is 0 Å². The first-order chi connectivity index (χ1) is 10.1. The van der Waals surface area contributed by atoms with Gasteiger partial charge in [0.2, 0.25) is 10.0 Å². The normalized spacial score (nSPS) is 26.7. The fourth-order valence-corrected chi connectivity index (χ4v) is 5.02. The monoisotopic (exact) mass is 329 g/mol. The van der Waals surface area contributed by atoms with E-state index in [-0.39, 0.29) is 17.2 Å². The van der Waals surface area contributed by atoms with Gasteiger partial charge in [-0.15, -0.1) is 0 Å². The molecular formula is C15H20ClNO3S. The molecule has 116 valence electrons. The Labute approximate surface area is 130 Å². The molecule has 1 saturated carbocycles. The zero-order valence-electron chi connectivity index (χ0n) is 11.8. The van der Waals surface area contributed by atoms with Gasteiger partial charge in [0.05, 0.1) is 11.9 Å². The molecule has 1 aliphatic heterocycles. The molecule has 2 atom stereocenters. The Hall–Kier alpha value is -0.620. The molecule has 2 fully saturated rings. The van der Waals surface area contributed by atoms with Gasteiger partial charge in [0, 0.05) is 23.6 Å². The maximum atomic E-state index is 12.5. The number of benzene rings is 1. The van der Waals surface area contributed by atoms with Gasteiger partial charge in [-0.1, -0.05) is 29.8 Å². The number of hydrogen-bond donors (Lipinski definition) is 1. The van der Waals surface area contributed by atoms with Gasteiger partial charge in [0.15, 0.2) is 0 Å². The molecule has 0 amide bonds. The first-order valence-corrected chi connectivity index (χ1v) is 9.31. The highest BCUT2D eigenvalue weighted by atomic mass is 35.5. The third-order valence-corrected chi connectivity index (χ3v) is 6.60. The van der Waals surface area contributed by atoms with Crippen molar-refractivity contribution in [3.8, 4) is 0 Å². The van der Waals surface area contributed by atoms with Crippen LogP contribution in [0.1, 0.15) is 24.8 Å². The summed E-state index contributed by atoms with van der Waals surface area (Å²) in [7, 11) is -3.28. The van der Waals surface area contributed by atoms with Crippen LogP contribution in [-0.2, 0) is 21.2 Å². The van der Waals surface area contributed by atoms with Crippen LogP contribution in [0.25, 0.3) is 0 Å². The van der Waals surface area contributed by atoms with Crippen LogP contribution in [0.5, 0.6) is 0 Å². The van der Waals surface area contributed by atoms with E-state index in [0.29, 0.717) is 31.1 Å². The molecule has 1 aromatic rings. The number of ether oxygens (including phenoxy) is 1. The quantitative estimate of drug-likeness (QED) is 0.902. The van der Waals surface area contributed by atoms with E-state index in [4.69, 9.17) is 16.3 Å². The van der Waals surface area contributed by atoms with E-state index in [1.165, 1.54) is 0 Å². The van der Waals surface area contributed by atoms with Crippen LogP contribution in [0.4, 0.5) is 0 Å². The van der Waals surface area contributed by atoms with E-state index in [9.17, 15) is 8.42 Å². The highest BCUT2D eigenvalue weighted by Gasteiger charge is 2.39. The van der Waals surface area contributed by atoms with Crippen LogP contribution in [0.15, 0.2) is 24.3 Å². The second-order valence-electron chi connectivity index (χ2n) is 5.89. The van der Waals surface area contributed by atoms with Gasteiger partial charge < -0.3 is 4.74 Å². The Bertz CT molecular complexity index is 601. The Morgan fingerprint density at radius 1 is 1.24 bits per heavy atom. The highest BCUT2D eigenvalue weighted by molar-refractivity contribution is 7.90. The Morgan fingerprint density at radius 2 is 2.00 bits per heavy atom. The Kier molecular flexibility index (Phi) is 4.54. The molecule has 0 radical (unpaired) electrons. The van der Waals surface area contributed by atoms with Crippen molar-refractivity contribution in [3.63, 3.8) is 0 Å². The molecule has 1 saturated heterocycles. The third kappa shape index (κ3) is 3.77. The lowest BCUT2D eigenvalue weighted by Crippen LogP contribution is -2.45. The van der Waals surface area contributed by atoms with Gasteiger partial charge in [0.1, 0.15) is 0 Å². The van der Waals surface area contributed by atoms with Gasteiger partial charge in [-0.2, -0.15) is 0 Å². The Morgan fingerprint density at radius 3 is 2.71 bits per heavy atom. The molecule has 2 aliphatic rings. The molecule has 6 heteroatoms. The molecule has 0 spiro atoms. The summed E-state index contributed by atoms with van der Waals surface area (Å²) >= 11 is 6.19. The van der Waals surface area contributed by atoms with Crippen LogP contribution < -0.4 is 4.72 Å². The van der Waals surface area contributed by atoms with Crippen molar-refractivity contribution in [1.29, 1.82) is 0 Å². The molecule has 0 bridgehead atoms. The fraction of sp³-hybridized carbons (Fsp3) is 0.600. The predicted octanol–water partition coefficient (Wildman–Crippen LogP) is 2.37. The topological polar surface area (TPSA) is 55.4 Å². The molecule has 4 nitrogen and oxygen atoms in total. The fourth-order valence-electron chi connectivity index (χ4n) is 2.84. The minimum absolute atomic E-state index is 0.0464. The van der Waals surface area contributed by atoms with Crippen molar-refractivity contribution in [2.45, 2.75) is 37.0 Å². The number of halogens is 1. The smallest absolute Gasteiger partial charge is 0.215 e. The van der Waals surface area contributed by atoms with E-state index in [1.54, 1.807) is 0 Å². The Balaban J connectivity index is 1.76. The average molecular weight is 330 g/mol. The van der Waals surface area contributed by atoms with Gasteiger partial charge in [-0.25, -0.2) is 13.1 Å². The van der Waals surface area contributed by atoms with E-state index in [0.717, 1.165) is 18.4 Å². The summed E-state index contributed by atoms with van der Waals surface area (Å²) in [6, 6.07) is 7.75. The van der Waals surface area contributed by atoms with Crippen LogP contribution in [-0.4, -0.2) is 32.9 Å². The molecular weight excluding hydrogens is 310 g/mol. The lowest BCUT2D eigenvalue weighted by molar-refractivity contribution is 0.0570. The standard InChI is InChI=1S/C15H20ClNO3S/c16-14-4-2-1-3-11(14)9-12-10-20-8-7-15(12)21(18,19)17-13-5-6-13/h1-4,12-13,15,17H,5-10H2/t12-,15+/m0/s1. The number of nitrogens with one attached hydrogen (secondary N) is 1. The summed E-state index contributed by atoms with van der Waals surface area (Å²) in [5.41, 5.74) is 0.987. The molecule has 1 heterocycles. The second-order valence-corrected chi connectivity index (χ2v) is 8.23. The summed E-state index contributed by atoms with van der Waals surface area (Å²) in [6.07, 6.45) is 3.10. The van der Waals surface area contributed by atoms with Crippen molar-refractivity contribution < 1.29 is 13.2 Å². The van der Waals surface area contributed by atoms with Crippen molar-refractivity contribution in [3.05, 3.63) is 34.9 Å². The number of sulfonamides is 1. The van der Waals surface area contributed by atoms with E-state index in [1.807, 2.05) is 24.3 Å². The summed E-state index contributed by atoms with van der Waals surface area (Å²) in [4.78, 5) is 0. The summed E-state index contributed by atoms with van der Waals surface area (Å²) in [5, 5.41) is 0.303. The average Bonchev–Trinajstić information content (AvgIpc) is 3.25. The third-order valence-electron chi connectivity index (χ3n) is 4.15. The van der Waals surface area contributed by atoms with Crippen molar-refractivity contribution in [2.24, 2.45) is 5.92 Å². The molecule has 3 rings (SSSR count). The van der Waals surface area contributed by atoms with Crippen molar-refractivity contribution >= 4 is 21.6 Å². The van der Waals surface area contributed by atoms with Crippen molar-refractivity contribution in [1.82, 2.24) is 4.72 Å². The van der Waals surface area contributed by atoms with Gasteiger partial charge in [0.25, 0.3) is 0 Å². The zero-order valence-corrected chi connectivity index (χ0v) is 13.4. The van der Waals surface area contributed by atoms with E-state index in [2.05, 4.69) is 4.72 Å². The zero-order chi connectivity index (χ0) is 14.9. The molecule has 1 aliphatic carbocycles. The minimum Gasteiger partial charge on any atom is -0.381 e.